The number of carbonyl (C=O) groups is 1. The highest BCUT2D eigenvalue weighted by Crippen LogP contribution is 2.19. The molecule has 0 saturated carbocycles. The van der Waals surface area contributed by atoms with Crippen molar-refractivity contribution in [3.8, 4) is 11.8 Å². The number of nitrogens with two attached hydrogens (primary N) is 1. The van der Waals surface area contributed by atoms with Crippen LogP contribution in [0.4, 0.5) is 16.2 Å². The molecule has 100 valence electrons. The molecule has 0 saturated heterocycles. The minimum atomic E-state index is -1.16. The second-order valence-electron chi connectivity index (χ2n) is 3.96. The number of anilines is 2. The number of rotatable bonds is 1. The van der Waals surface area contributed by atoms with Gasteiger partial charge >= 0.3 is 6.09 Å². The maximum atomic E-state index is 10.5. The van der Waals surface area contributed by atoms with Crippen LogP contribution in [0.5, 0.6) is 0 Å². The van der Waals surface area contributed by atoms with E-state index in [9.17, 15) is 4.79 Å². The highest BCUT2D eigenvalue weighted by Gasteiger charge is 2.02. The monoisotopic (exact) mass is 286 g/mol. The third-order valence-electron chi connectivity index (χ3n) is 2.51. The Morgan fingerprint density at radius 2 is 1.95 bits per heavy atom. The summed E-state index contributed by atoms with van der Waals surface area (Å²) in [5, 5.41) is 11.4. The molecule has 2 rings (SSSR count). The smallest absolute Gasteiger partial charge is 0.409 e. The van der Waals surface area contributed by atoms with Crippen LogP contribution in [0.3, 0.4) is 0 Å². The van der Waals surface area contributed by atoms with Crippen molar-refractivity contribution in [3.05, 3.63) is 58.6 Å². The minimum absolute atomic E-state index is 0.318. The van der Waals surface area contributed by atoms with Gasteiger partial charge in [0.15, 0.2) is 0 Å². The Balaban J connectivity index is 2.26. The molecule has 0 aliphatic carbocycles. The van der Waals surface area contributed by atoms with E-state index in [1.54, 1.807) is 24.3 Å². The zero-order valence-electron chi connectivity index (χ0n) is 10.4. The van der Waals surface area contributed by atoms with E-state index in [-0.39, 0.29) is 0 Å². The number of halogens is 1. The van der Waals surface area contributed by atoms with E-state index >= 15 is 0 Å². The fourth-order valence-corrected chi connectivity index (χ4v) is 1.75. The van der Waals surface area contributed by atoms with Gasteiger partial charge in [0.1, 0.15) is 0 Å². The second kappa shape index (κ2) is 6.00. The second-order valence-corrected chi connectivity index (χ2v) is 4.37. The first kappa shape index (κ1) is 13.8. The van der Waals surface area contributed by atoms with Gasteiger partial charge in [0.25, 0.3) is 0 Å². The molecule has 0 spiro atoms. The lowest BCUT2D eigenvalue weighted by atomic mass is 10.1. The van der Waals surface area contributed by atoms with Crippen molar-refractivity contribution in [1.29, 1.82) is 0 Å². The van der Waals surface area contributed by atoms with E-state index in [1.165, 1.54) is 0 Å². The van der Waals surface area contributed by atoms with Crippen molar-refractivity contribution in [2.24, 2.45) is 0 Å². The lowest BCUT2D eigenvalue weighted by molar-refractivity contribution is 0.210. The highest BCUT2D eigenvalue weighted by atomic mass is 35.5. The van der Waals surface area contributed by atoms with Crippen LogP contribution in [0, 0.1) is 11.8 Å². The Morgan fingerprint density at radius 1 is 1.20 bits per heavy atom. The van der Waals surface area contributed by atoms with E-state index in [2.05, 4.69) is 17.2 Å². The SMILES string of the molecule is Nc1cc(C#Cc2ccccc2Cl)ccc1NC(=O)O. The Labute approximate surface area is 121 Å². The van der Waals surface area contributed by atoms with Crippen molar-refractivity contribution in [3.63, 3.8) is 0 Å². The first-order valence-corrected chi connectivity index (χ1v) is 6.10. The molecule has 4 nitrogen and oxygen atoms in total. The molecular weight excluding hydrogens is 276 g/mol. The van der Waals surface area contributed by atoms with Gasteiger partial charge in [0.2, 0.25) is 0 Å². The highest BCUT2D eigenvalue weighted by molar-refractivity contribution is 6.31. The van der Waals surface area contributed by atoms with Crippen molar-refractivity contribution in [2.45, 2.75) is 0 Å². The zero-order chi connectivity index (χ0) is 14.5. The number of carboxylic acid groups (broad SMARTS) is 1. The van der Waals surface area contributed by atoms with Gasteiger partial charge in [-0.2, -0.15) is 0 Å². The number of nitrogens with one attached hydrogen (secondary N) is 1. The van der Waals surface area contributed by atoms with Crippen LogP contribution < -0.4 is 11.1 Å². The molecule has 1 amide bonds. The standard InChI is InChI=1S/C15H11ClN2O2/c16-12-4-2-1-3-11(12)7-5-10-6-8-14(13(17)9-10)18-15(19)20/h1-4,6,8-9,18H,17H2,(H,19,20). The summed E-state index contributed by atoms with van der Waals surface area (Å²) < 4.78 is 0. The maximum absolute atomic E-state index is 10.5. The molecule has 0 aliphatic rings. The van der Waals surface area contributed by atoms with Crippen LogP contribution in [-0.2, 0) is 0 Å². The van der Waals surface area contributed by atoms with E-state index < -0.39 is 6.09 Å². The predicted molar refractivity (Wildman–Crippen MR) is 79.9 cm³/mol. The van der Waals surface area contributed by atoms with Gasteiger partial charge in [-0.25, -0.2) is 4.79 Å². The Kier molecular flexibility index (Phi) is 4.14. The van der Waals surface area contributed by atoms with E-state index in [0.717, 1.165) is 5.56 Å². The summed E-state index contributed by atoms with van der Waals surface area (Å²) >= 11 is 6.00. The summed E-state index contributed by atoms with van der Waals surface area (Å²) in [7, 11) is 0. The van der Waals surface area contributed by atoms with Gasteiger partial charge < -0.3 is 10.8 Å². The van der Waals surface area contributed by atoms with Crippen LogP contribution in [0.25, 0.3) is 0 Å². The quantitative estimate of drug-likeness (QED) is 0.555. The summed E-state index contributed by atoms with van der Waals surface area (Å²) in [4.78, 5) is 10.5. The molecule has 0 unspecified atom stereocenters. The zero-order valence-corrected chi connectivity index (χ0v) is 11.1. The van der Waals surface area contributed by atoms with Crippen LogP contribution in [0.15, 0.2) is 42.5 Å². The molecule has 0 aliphatic heterocycles. The van der Waals surface area contributed by atoms with Crippen molar-refractivity contribution >= 4 is 29.1 Å². The molecule has 0 aromatic heterocycles. The van der Waals surface area contributed by atoms with E-state index in [4.69, 9.17) is 22.4 Å². The molecule has 0 atom stereocenters. The summed E-state index contributed by atoms with van der Waals surface area (Å²) in [5.41, 5.74) is 7.80. The molecule has 2 aromatic rings. The maximum Gasteiger partial charge on any atom is 0.409 e. The molecule has 0 bridgehead atoms. The number of benzene rings is 2. The van der Waals surface area contributed by atoms with Gasteiger partial charge in [-0.05, 0) is 30.3 Å². The lowest BCUT2D eigenvalue weighted by Gasteiger charge is -2.04. The fourth-order valence-electron chi connectivity index (χ4n) is 1.57. The molecular formula is C15H11ClN2O2. The number of amides is 1. The number of hydrogen-bond acceptors (Lipinski definition) is 2. The summed E-state index contributed by atoms with van der Waals surface area (Å²) in [6.45, 7) is 0. The third-order valence-corrected chi connectivity index (χ3v) is 2.84. The largest absolute Gasteiger partial charge is 0.465 e. The van der Waals surface area contributed by atoms with Crippen molar-refractivity contribution in [1.82, 2.24) is 0 Å². The minimum Gasteiger partial charge on any atom is -0.465 e. The van der Waals surface area contributed by atoms with Gasteiger partial charge in [-0.1, -0.05) is 35.6 Å². The first-order valence-electron chi connectivity index (χ1n) is 5.72. The summed E-state index contributed by atoms with van der Waals surface area (Å²) in [6, 6.07) is 12.1. The molecule has 4 N–H and O–H groups in total. The van der Waals surface area contributed by atoms with E-state index in [1.807, 2.05) is 18.2 Å². The molecule has 0 fully saturated rings. The average Bonchev–Trinajstić information content (AvgIpc) is 2.40. The van der Waals surface area contributed by atoms with Gasteiger partial charge in [-0.3, -0.25) is 5.32 Å². The molecule has 5 heteroatoms. The predicted octanol–water partition coefficient (Wildman–Crippen LogP) is 3.41. The summed E-state index contributed by atoms with van der Waals surface area (Å²) in [5.74, 6) is 5.88. The van der Waals surface area contributed by atoms with E-state index in [0.29, 0.717) is 22.0 Å². The van der Waals surface area contributed by atoms with Gasteiger partial charge in [0, 0.05) is 11.1 Å². The molecule has 0 heterocycles. The fraction of sp³-hybridized carbons (Fsp3) is 0. The average molecular weight is 287 g/mol. The number of nitrogen functional groups attached to an aromatic ring is 1. The van der Waals surface area contributed by atoms with Crippen LogP contribution in [0.2, 0.25) is 5.02 Å². The third kappa shape index (κ3) is 3.44. The Morgan fingerprint density at radius 3 is 2.60 bits per heavy atom. The van der Waals surface area contributed by atoms with Crippen molar-refractivity contribution in [2.75, 3.05) is 11.1 Å². The first-order chi connectivity index (χ1) is 9.56. The van der Waals surface area contributed by atoms with Gasteiger partial charge in [0.05, 0.1) is 16.4 Å². The normalized spacial score (nSPS) is 9.45. The van der Waals surface area contributed by atoms with Crippen molar-refractivity contribution < 1.29 is 9.90 Å². The van der Waals surface area contributed by atoms with Crippen LogP contribution >= 0.6 is 11.6 Å². The molecule has 2 aromatic carbocycles. The Bertz CT molecular complexity index is 717. The Hall–Kier alpha value is -2.64. The lowest BCUT2D eigenvalue weighted by Crippen LogP contribution is -2.09. The molecule has 0 radical (unpaired) electrons. The molecule has 20 heavy (non-hydrogen) atoms. The van der Waals surface area contributed by atoms with Gasteiger partial charge in [-0.15, -0.1) is 0 Å². The topological polar surface area (TPSA) is 75.3 Å². The number of hydrogen-bond donors (Lipinski definition) is 3. The van der Waals surface area contributed by atoms with Crippen LogP contribution in [-0.4, -0.2) is 11.2 Å². The van der Waals surface area contributed by atoms with Crippen LogP contribution in [0.1, 0.15) is 11.1 Å². The summed E-state index contributed by atoms with van der Waals surface area (Å²) in [6.07, 6.45) is -1.16.